The lowest BCUT2D eigenvalue weighted by atomic mass is 10.0. The number of likely N-dealkylation sites (tertiary alicyclic amines) is 1. The first-order chi connectivity index (χ1) is 10.1. The van der Waals surface area contributed by atoms with Crippen LogP contribution in [0.2, 0.25) is 0 Å². The highest BCUT2D eigenvalue weighted by Crippen LogP contribution is 2.24. The number of ether oxygens (including phenoxy) is 1. The van der Waals surface area contributed by atoms with Crippen LogP contribution in [0.25, 0.3) is 0 Å². The van der Waals surface area contributed by atoms with E-state index in [2.05, 4.69) is 14.5 Å². The van der Waals surface area contributed by atoms with E-state index >= 15 is 0 Å². The van der Waals surface area contributed by atoms with Crippen molar-refractivity contribution in [3.63, 3.8) is 0 Å². The van der Waals surface area contributed by atoms with Crippen LogP contribution < -0.4 is 0 Å². The molecule has 1 amide bonds. The molecule has 6 nitrogen and oxygen atoms in total. The molecule has 0 aromatic carbocycles. The molecular formula is C15H24N4O2. The van der Waals surface area contributed by atoms with Gasteiger partial charge >= 0.3 is 0 Å². The van der Waals surface area contributed by atoms with E-state index in [-0.39, 0.29) is 18.1 Å². The first-order valence-corrected chi connectivity index (χ1v) is 7.72. The number of imidazole rings is 1. The minimum atomic E-state index is 0.172. The molecule has 3 rings (SSSR count). The van der Waals surface area contributed by atoms with Gasteiger partial charge in [-0.3, -0.25) is 9.69 Å². The Labute approximate surface area is 125 Å². The second kappa shape index (κ2) is 6.15. The van der Waals surface area contributed by atoms with Crippen LogP contribution in [0.5, 0.6) is 0 Å². The maximum atomic E-state index is 11.8. The van der Waals surface area contributed by atoms with Crippen molar-refractivity contribution < 1.29 is 9.53 Å². The largest absolute Gasteiger partial charge is 0.374 e. The van der Waals surface area contributed by atoms with Crippen LogP contribution in [-0.2, 0) is 23.1 Å². The zero-order chi connectivity index (χ0) is 14.8. The number of fused-ring (bicyclic) bond motifs is 1. The highest BCUT2D eigenvalue weighted by Gasteiger charge is 2.35. The quantitative estimate of drug-likeness (QED) is 0.802. The molecule has 3 heterocycles. The molecule has 0 saturated carbocycles. The summed E-state index contributed by atoms with van der Waals surface area (Å²) < 4.78 is 7.97. The average Bonchev–Trinajstić information content (AvgIpc) is 2.75. The Morgan fingerprint density at radius 2 is 2.19 bits per heavy atom. The molecule has 6 heteroatoms. The number of hydrogen-bond acceptors (Lipinski definition) is 4. The number of carbonyl (C=O) groups is 1. The first kappa shape index (κ1) is 14.5. The summed E-state index contributed by atoms with van der Waals surface area (Å²) in [5.41, 5.74) is 0. The molecule has 2 aliphatic rings. The highest BCUT2D eigenvalue weighted by atomic mass is 16.5. The van der Waals surface area contributed by atoms with Gasteiger partial charge in [0.15, 0.2) is 0 Å². The smallest absolute Gasteiger partial charge is 0.219 e. The molecular weight excluding hydrogens is 268 g/mol. The Hall–Kier alpha value is -1.40. The first-order valence-electron chi connectivity index (χ1n) is 7.72. The summed E-state index contributed by atoms with van der Waals surface area (Å²) in [6.07, 6.45) is 5.98. The van der Waals surface area contributed by atoms with Gasteiger partial charge in [0.1, 0.15) is 5.82 Å². The molecule has 2 aliphatic heterocycles. The predicted octanol–water partition coefficient (Wildman–Crippen LogP) is 0.632. The molecule has 21 heavy (non-hydrogen) atoms. The summed E-state index contributed by atoms with van der Waals surface area (Å²) in [7, 11) is 2.03. The third-order valence-corrected chi connectivity index (χ3v) is 4.66. The standard InChI is InChI=1S/C15H24N4O2/c1-12(20)19-9-10-21-14-4-7-18(6-3-13(14)19)11-15-16-5-8-17(15)2/h5,8,13-14H,3-4,6-7,9-11H2,1-2H3/t13-,14-/m0/s1. The van der Waals surface area contributed by atoms with Crippen LogP contribution in [0, 0.1) is 0 Å². The molecule has 2 saturated heterocycles. The fraction of sp³-hybridized carbons (Fsp3) is 0.733. The van der Waals surface area contributed by atoms with Gasteiger partial charge < -0.3 is 14.2 Å². The summed E-state index contributed by atoms with van der Waals surface area (Å²) in [6.45, 7) is 5.92. The van der Waals surface area contributed by atoms with Crippen molar-refractivity contribution >= 4 is 5.91 Å². The molecule has 2 atom stereocenters. The number of aromatic nitrogens is 2. The fourth-order valence-electron chi connectivity index (χ4n) is 3.43. The van der Waals surface area contributed by atoms with Gasteiger partial charge in [0.25, 0.3) is 0 Å². The minimum Gasteiger partial charge on any atom is -0.374 e. The summed E-state index contributed by atoms with van der Waals surface area (Å²) >= 11 is 0. The Bertz CT molecular complexity index is 502. The van der Waals surface area contributed by atoms with E-state index < -0.39 is 0 Å². The van der Waals surface area contributed by atoms with E-state index in [0.29, 0.717) is 6.61 Å². The Morgan fingerprint density at radius 1 is 1.38 bits per heavy atom. The Kier molecular flexibility index (Phi) is 4.26. The molecule has 2 fully saturated rings. The van der Waals surface area contributed by atoms with Crippen LogP contribution >= 0.6 is 0 Å². The van der Waals surface area contributed by atoms with Crippen molar-refractivity contribution in [3.8, 4) is 0 Å². The van der Waals surface area contributed by atoms with Crippen molar-refractivity contribution in [1.29, 1.82) is 0 Å². The minimum absolute atomic E-state index is 0.172. The zero-order valence-electron chi connectivity index (χ0n) is 12.9. The number of carbonyl (C=O) groups excluding carboxylic acids is 1. The van der Waals surface area contributed by atoms with Gasteiger partial charge in [-0.1, -0.05) is 0 Å². The van der Waals surface area contributed by atoms with Crippen LogP contribution in [0.3, 0.4) is 0 Å². The van der Waals surface area contributed by atoms with Crippen LogP contribution in [-0.4, -0.2) is 63.6 Å². The third kappa shape index (κ3) is 3.11. The van der Waals surface area contributed by atoms with Crippen LogP contribution in [0.15, 0.2) is 12.4 Å². The van der Waals surface area contributed by atoms with Gasteiger partial charge in [-0.25, -0.2) is 4.98 Å². The Morgan fingerprint density at radius 3 is 2.90 bits per heavy atom. The molecule has 0 N–H and O–H groups in total. The predicted molar refractivity (Wildman–Crippen MR) is 78.6 cm³/mol. The number of aryl methyl sites for hydroxylation is 1. The van der Waals surface area contributed by atoms with Gasteiger partial charge in [0.05, 0.1) is 25.3 Å². The van der Waals surface area contributed by atoms with E-state index in [9.17, 15) is 4.79 Å². The second-order valence-electron chi connectivity index (χ2n) is 6.00. The van der Waals surface area contributed by atoms with Crippen molar-refractivity contribution in [3.05, 3.63) is 18.2 Å². The van der Waals surface area contributed by atoms with Gasteiger partial charge in [-0.15, -0.1) is 0 Å². The van der Waals surface area contributed by atoms with Crippen LogP contribution in [0.4, 0.5) is 0 Å². The van der Waals surface area contributed by atoms with Gasteiger partial charge in [-0.2, -0.15) is 0 Å². The fourth-order valence-corrected chi connectivity index (χ4v) is 3.43. The molecule has 0 radical (unpaired) electrons. The van der Waals surface area contributed by atoms with Crippen molar-refractivity contribution in [1.82, 2.24) is 19.4 Å². The lowest BCUT2D eigenvalue weighted by Gasteiger charge is -2.39. The summed E-state index contributed by atoms with van der Waals surface area (Å²) in [5.74, 6) is 1.26. The summed E-state index contributed by atoms with van der Waals surface area (Å²) in [6, 6.07) is 0.239. The Balaban J connectivity index is 1.65. The maximum absolute atomic E-state index is 11.8. The van der Waals surface area contributed by atoms with E-state index in [4.69, 9.17) is 4.74 Å². The molecule has 0 aliphatic carbocycles. The number of nitrogens with zero attached hydrogens (tertiary/aromatic N) is 4. The number of morpholine rings is 1. The SMILES string of the molecule is CC(=O)N1CCO[C@H]2CCN(Cc3nccn3C)CC[C@@H]21. The van der Waals surface area contributed by atoms with Gasteiger partial charge in [0, 0.05) is 46.0 Å². The monoisotopic (exact) mass is 292 g/mol. The average molecular weight is 292 g/mol. The number of hydrogen-bond donors (Lipinski definition) is 0. The lowest BCUT2D eigenvalue weighted by molar-refractivity contribution is -0.144. The van der Waals surface area contributed by atoms with Crippen molar-refractivity contribution in [2.45, 2.75) is 38.5 Å². The summed E-state index contributed by atoms with van der Waals surface area (Å²) in [4.78, 5) is 20.6. The molecule has 0 bridgehead atoms. The van der Waals surface area contributed by atoms with Gasteiger partial charge in [-0.05, 0) is 12.8 Å². The number of rotatable bonds is 2. The molecule has 0 unspecified atom stereocenters. The molecule has 0 spiro atoms. The third-order valence-electron chi connectivity index (χ3n) is 4.66. The number of amides is 1. The van der Waals surface area contributed by atoms with E-state index in [1.807, 2.05) is 24.3 Å². The zero-order valence-corrected chi connectivity index (χ0v) is 12.9. The lowest BCUT2D eigenvalue weighted by Crippen LogP contribution is -2.52. The highest BCUT2D eigenvalue weighted by molar-refractivity contribution is 5.73. The maximum Gasteiger partial charge on any atom is 0.219 e. The van der Waals surface area contributed by atoms with Crippen LogP contribution in [0.1, 0.15) is 25.6 Å². The second-order valence-corrected chi connectivity index (χ2v) is 6.00. The van der Waals surface area contributed by atoms with E-state index in [1.54, 1.807) is 6.92 Å². The molecule has 1 aromatic heterocycles. The normalized spacial score (nSPS) is 27.2. The topological polar surface area (TPSA) is 50.6 Å². The van der Waals surface area contributed by atoms with Crippen molar-refractivity contribution in [2.75, 3.05) is 26.2 Å². The molecule has 116 valence electrons. The van der Waals surface area contributed by atoms with E-state index in [1.165, 1.54) is 0 Å². The van der Waals surface area contributed by atoms with Crippen molar-refractivity contribution in [2.24, 2.45) is 7.05 Å². The summed E-state index contributed by atoms with van der Waals surface area (Å²) in [5, 5.41) is 0. The van der Waals surface area contributed by atoms with Gasteiger partial charge in [0.2, 0.25) is 5.91 Å². The van der Waals surface area contributed by atoms with E-state index in [0.717, 1.165) is 44.8 Å². The molecule has 1 aromatic rings.